The summed E-state index contributed by atoms with van der Waals surface area (Å²) in [6.07, 6.45) is 7.32. The van der Waals surface area contributed by atoms with Gasteiger partial charge in [0.1, 0.15) is 0 Å². The van der Waals surface area contributed by atoms with Crippen molar-refractivity contribution in [1.82, 2.24) is 19.7 Å². The number of amides is 1. The number of hydrogen-bond acceptors (Lipinski definition) is 3. The molecule has 6 nitrogen and oxygen atoms in total. The van der Waals surface area contributed by atoms with Crippen LogP contribution in [0.15, 0.2) is 42.7 Å². The van der Waals surface area contributed by atoms with E-state index in [9.17, 15) is 4.79 Å². The maximum Gasteiger partial charge on any atom is 0.276 e. The fraction of sp³-hybridized carbons (Fsp3) is 0.400. The van der Waals surface area contributed by atoms with Gasteiger partial charge in [0.25, 0.3) is 5.91 Å². The van der Waals surface area contributed by atoms with Crippen molar-refractivity contribution in [2.24, 2.45) is 0 Å². The van der Waals surface area contributed by atoms with Gasteiger partial charge in [-0.05, 0) is 55.5 Å². The lowest BCUT2D eigenvalue weighted by Crippen LogP contribution is -2.32. The minimum Gasteiger partial charge on any atom is -0.347 e. The van der Waals surface area contributed by atoms with E-state index >= 15 is 0 Å². The number of hydrogen-bond donors (Lipinski definition) is 2. The Labute approximate surface area is 153 Å². The van der Waals surface area contributed by atoms with Crippen molar-refractivity contribution in [3.8, 4) is 0 Å². The zero-order valence-electron chi connectivity index (χ0n) is 15.1. The smallest absolute Gasteiger partial charge is 0.276 e. The summed E-state index contributed by atoms with van der Waals surface area (Å²) in [5.41, 5.74) is 2.40. The van der Waals surface area contributed by atoms with E-state index in [1.807, 2.05) is 29.1 Å². The van der Waals surface area contributed by atoms with Crippen LogP contribution in [0.2, 0.25) is 0 Å². The molecule has 136 valence electrons. The molecule has 2 aromatic heterocycles. The Bertz CT molecular complexity index is 904. The van der Waals surface area contributed by atoms with Crippen molar-refractivity contribution in [3.05, 3.63) is 48.4 Å². The maximum atomic E-state index is 12.6. The Kier molecular flexibility index (Phi) is 4.75. The number of anilines is 1. The van der Waals surface area contributed by atoms with E-state index in [4.69, 9.17) is 0 Å². The van der Waals surface area contributed by atoms with Crippen LogP contribution in [0.5, 0.6) is 0 Å². The summed E-state index contributed by atoms with van der Waals surface area (Å²) in [5.74, 6) is -0.166. The number of piperidine rings is 1. The van der Waals surface area contributed by atoms with Gasteiger partial charge in [0.05, 0.1) is 11.6 Å². The number of rotatable bonds is 5. The molecule has 3 heterocycles. The number of benzene rings is 1. The first-order valence-corrected chi connectivity index (χ1v) is 9.40. The predicted molar refractivity (Wildman–Crippen MR) is 104 cm³/mol. The molecule has 3 aromatic rings. The second-order valence-corrected chi connectivity index (χ2v) is 6.92. The molecule has 1 aromatic carbocycles. The van der Waals surface area contributed by atoms with E-state index < -0.39 is 0 Å². The van der Waals surface area contributed by atoms with Crippen LogP contribution in [-0.4, -0.2) is 33.3 Å². The standard InChI is InChI=1S/C20H25N5O/c1-2-10-24-11-7-15-5-6-16(13-19(15)24)22-20(26)18-8-12-25(23-18)17-4-3-9-21-14-17/h5-8,11-13,17,21H,2-4,9-10,14H2,1H3,(H,22,26). The fourth-order valence-corrected chi connectivity index (χ4v) is 3.61. The quantitative estimate of drug-likeness (QED) is 0.740. The first kappa shape index (κ1) is 16.8. The first-order chi connectivity index (χ1) is 12.7. The van der Waals surface area contributed by atoms with Crippen molar-refractivity contribution >= 4 is 22.5 Å². The molecule has 26 heavy (non-hydrogen) atoms. The molecule has 1 amide bonds. The van der Waals surface area contributed by atoms with Gasteiger partial charge in [-0.15, -0.1) is 0 Å². The minimum atomic E-state index is -0.166. The van der Waals surface area contributed by atoms with Gasteiger partial charge in [0, 0.05) is 31.2 Å². The fourth-order valence-electron chi connectivity index (χ4n) is 3.61. The summed E-state index contributed by atoms with van der Waals surface area (Å²) >= 11 is 0. The lowest BCUT2D eigenvalue weighted by atomic mass is 10.1. The third kappa shape index (κ3) is 3.37. The van der Waals surface area contributed by atoms with Gasteiger partial charge >= 0.3 is 0 Å². The number of aryl methyl sites for hydroxylation is 1. The lowest BCUT2D eigenvalue weighted by molar-refractivity contribution is 0.102. The molecule has 1 fully saturated rings. The van der Waals surface area contributed by atoms with Crippen LogP contribution in [0.3, 0.4) is 0 Å². The minimum absolute atomic E-state index is 0.166. The summed E-state index contributed by atoms with van der Waals surface area (Å²) in [6.45, 7) is 5.11. The molecule has 2 N–H and O–H groups in total. The Morgan fingerprint density at radius 2 is 2.23 bits per heavy atom. The van der Waals surface area contributed by atoms with Crippen molar-refractivity contribution in [1.29, 1.82) is 0 Å². The Morgan fingerprint density at radius 3 is 3.04 bits per heavy atom. The van der Waals surface area contributed by atoms with Gasteiger partial charge in [0.2, 0.25) is 0 Å². The molecule has 1 aliphatic heterocycles. The Hall–Kier alpha value is -2.60. The highest BCUT2D eigenvalue weighted by atomic mass is 16.1. The molecule has 0 aliphatic carbocycles. The number of carbonyl (C=O) groups is 1. The number of aromatic nitrogens is 3. The zero-order valence-corrected chi connectivity index (χ0v) is 15.1. The highest BCUT2D eigenvalue weighted by Crippen LogP contribution is 2.22. The molecule has 0 bridgehead atoms. The number of nitrogens with one attached hydrogen (secondary N) is 2. The van der Waals surface area contributed by atoms with Gasteiger partial charge in [-0.25, -0.2) is 0 Å². The molecule has 1 aliphatic rings. The molecular weight excluding hydrogens is 326 g/mol. The predicted octanol–water partition coefficient (Wildman–Crippen LogP) is 3.42. The second kappa shape index (κ2) is 7.33. The summed E-state index contributed by atoms with van der Waals surface area (Å²) in [7, 11) is 0. The highest BCUT2D eigenvalue weighted by Gasteiger charge is 2.18. The summed E-state index contributed by atoms with van der Waals surface area (Å²) in [4.78, 5) is 12.6. The van der Waals surface area contributed by atoms with Crippen LogP contribution < -0.4 is 10.6 Å². The van der Waals surface area contributed by atoms with Gasteiger partial charge in [-0.2, -0.15) is 5.10 Å². The molecule has 4 rings (SSSR count). The highest BCUT2D eigenvalue weighted by molar-refractivity contribution is 6.03. The molecule has 0 saturated carbocycles. The average molecular weight is 351 g/mol. The van der Waals surface area contributed by atoms with Crippen LogP contribution in [0.4, 0.5) is 5.69 Å². The van der Waals surface area contributed by atoms with Crippen molar-refractivity contribution in [2.75, 3.05) is 18.4 Å². The molecular formula is C20H25N5O. The van der Waals surface area contributed by atoms with Crippen LogP contribution in [0.1, 0.15) is 42.7 Å². The van der Waals surface area contributed by atoms with Crippen LogP contribution in [0, 0.1) is 0 Å². The van der Waals surface area contributed by atoms with E-state index in [1.54, 1.807) is 6.07 Å². The van der Waals surface area contributed by atoms with Crippen LogP contribution in [-0.2, 0) is 6.54 Å². The second-order valence-electron chi connectivity index (χ2n) is 6.92. The Balaban J connectivity index is 1.50. The van der Waals surface area contributed by atoms with Crippen molar-refractivity contribution in [2.45, 2.75) is 38.8 Å². The number of fused-ring (bicyclic) bond motifs is 1. The average Bonchev–Trinajstić information content (AvgIpc) is 3.31. The maximum absolute atomic E-state index is 12.6. The number of nitrogens with zero attached hydrogens (tertiary/aromatic N) is 3. The molecule has 1 atom stereocenters. The molecule has 6 heteroatoms. The monoisotopic (exact) mass is 351 g/mol. The van der Waals surface area contributed by atoms with E-state index in [1.165, 1.54) is 5.39 Å². The van der Waals surface area contributed by atoms with Crippen LogP contribution in [0.25, 0.3) is 10.9 Å². The summed E-state index contributed by atoms with van der Waals surface area (Å²) < 4.78 is 4.13. The van der Waals surface area contributed by atoms with E-state index in [-0.39, 0.29) is 5.91 Å². The van der Waals surface area contributed by atoms with E-state index in [0.717, 1.165) is 50.1 Å². The summed E-state index contributed by atoms with van der Waals surface area (Å²) in [6, 6.07) is 10.3. The van der Waals surface area contributed by atoms with Gasteiger partial charge in [-0.1, -0.05) is 13.0 Å². The van der Waals surface area contributed by atoms with Gasteiger partial charge in [-0.3, -0.25) is 9.48 Å². The van der Waals surface area contributed by atoms with Crippen molar-refractivity contribution in [3.63, 3.8) is 0 Å². The number of carbonyl (C=O) groups excluding carboxylic acids is 1. The van der Waals surface area contributed by atoms with Gasteiger partial charge in [0.15, 0.2) is 5.69 Å². The molecule has 1 saturated heterocycles. The third-order valence-corrected chi connectivity index (χ3v) is 4.98. The van der Waals surface area contributed by atoms with Gasteiger partial charge < -0.3 is 15.2 Å². The normalized spacial score (nSPS) is 17.5. The Morgan fingerprint density at radius 1 is 1.31 bits per heavy atom. The molecule has 0 spiro atoms. The molecule has 1 unspecified atom stereocenters. The van der Waals surface area contributed by atoms with Crippen molar-refractivity contribution < 1.29 is 4.79 Å². The summed E-state index contributed by atoms with van der Waals surface area (Å²) in [5, 5.41) is 12.0. The topological polar surface area (TPSA) is 63.9 Å². The van der Waals surface area contributed by atoms with E-state index in [0.29, 0.717) is 11.7 Å². The van der Waals surface area contributed by atoms with E-state index in [2.05, 4.69) is 39.5 Å². The first-order valence-electron chi connectivity index (χ1n) is 9.40. The van der Waals surface area contributed by atoms with Crippen LogP contribution >= 0.6 is 0 Å². The SMILES string of the molecule is CCCn1ccc2ccc(NC(=O)c3ccn(C4CCCNC4)n3)cc21. The lowest BCUT2D eigenvalue weighted by Gasteiger charge is -2.22. The largest absolute Gasteiger partial charge is 0.347 e. The zero-order chi connectivity index (χ0) is 17.9. The third-order valence-electron chi connectivity index (χ3n) is 4.98. The molecule has 0 radical (unpaired) electrons.